The van der Waals surface area contributed by atoms with E-state index < -0.39 is 0 Å². The van der Waals surface area contributed by atoms with Crippen LogP contribution < -0.4 is 4.74 Å². The van der Waals surface area contributed by atoms with Crippen molar-refractivity contribution in [3.63, 3.8) is 0 Å². The lowest BCUT2D eigenvalue weighted by atomic mass is 10.2. The molecule has 2 aromatic heterocycles. The van der Waals surface area contributed by atoms with Crippen LogP contribution >= 0.6 is 0 Å². The van der Waals surface area contributed by atoms with Crippen molar-refractivity contribution in [1.29, 1.82) is 0 Å². The predicted octanol–water partition coefficient (Wildman–Crippen LogP) is 2.16. The minimum Gasteiger partial charge on any atom is -0.508 e. The molecule has 0 amide bonds. The molecule has 0 saturated carbocycles. The van der Waals surface area contributed by atoms with Gasteiger partial charge in [-0.3, -0.25) is 0 Å². The number of fused-ring (bicyclic) bond motifs is 1. The number of rotatable bonds is 2. The van der Waals surface area contributed by atoms with Gasteiger partial charge >= 0.3 is 0 Å². The van der Waals surface area contributed by atoms with Crippen LogP contribution in [0.3, 0.4) is 0 Å². The highest BCUT2D eigenvalue weighted by molar-refractivity contribution is 5.75. The van der Waals surface area contributed by atoms with E-state index in [1.165, 1.54) is 18.7 Å². The SMILES string of the molecule is Cc1cc(O)cc(Oc2ncnc3nc[nH]c23)c1. The molecule has 2 heterocycles. The number of benzene rings is 1. The number of aromatic amines is 1. The molecule has 6 nitrogen and oxygen atoms in total. The second-order valence-corrected chi connectivity index (χ2v) is 3.89. The van der Waals surface area contributed by atoms with Crippen LogP contribution in [0.4, 0.5) is 0 Å². The Morgan fingerprint density at radius 2 is 2.06 bits per heavy atom. The number of ether oxygens (including phenoxy) is 1. The molecule has 6 heteroatoms. The highest BCUT2D eigenvalue weighted by Crippen LogP contribution is 2.27. The number of aromatic hydroxyl groups is 1. The van der Waals surface area contributed by atoms with Crippen molar-refractivity contribution in [1.82, 2.24) is 19.9 Å². The number of aryl methyl sites for hydroxylation is 1. The first-order valence-corrected chi connectivity index (χ1v) is 5.35. The average molecular weight is 242 g/mol. The van der Waals surface area contributed by atoms with Gasteiger partial charge in [0.15, 0.2) is 5.65 Å². The fourth-order valence-corrected chi connectivity index (χ4v) is 1.72. The van der Waals surface area contributed by atoms with E-state index in [1.54, 1.807) is 6.07 Å². The number of hydrogen-bond acceptors (Lipinski definition) is 5. The molecule has 1 aromatic carbocycles. The van der Waals surface area contributed by atoms with Crippen molar-refractivity contribution in [3.05, 3.63) is 36.4 Å². The Bertz CT molecular complexity index is 688. The minimum absolute atomic E-state index is 0.153. The highest BCUT2D eigenvalue weighted by atomic mass is 16.5. The Labute approximate surface area is 102 Å². The smallest absolute Gasteiger partial charge is 0.248 e. The van der Waals surface area contributed by atoms with Crippen LogP contribution in [-0.4, -0.2) is 25.0 Å². The standard InChI is InChI=1S/C12H10N4O2/c1-7-2-8(17)4-9(3-7)18-12-10-11(14-5-13-10)15-6-16-12/h2-6,17H,1H3,(H,13,14,15,16). The van der Waals surface area contributed by atoms with E-state index in [0.29, 0.717) is 22.8 Å². The molecule has 3 rings (SSSR count). The molecule has 0 atom stereocenters. The van der Waals surface area contributed by atoms with Gasteiger partial charge in [0.2, 0.25) is 5.88 Å². The summed E-state index contributed by atoms with van der Waals surface area (Å²) < 4.78 is 5.63. The van der Waals surface area contributed by atoms with Gasteiger partial charge in [-0.25, -0.2) is 9.97 Å². The number of phenols is 1. The second kappa shape index (κ2) is 3.99. The van der Waals surface area contributed by atoms with E-state index in [2.05, 4.69) is 19.9 Å². The Balaban J connectivity index is 2.03. The molecule has 0 bridgehead atoms. The van der Waals surface area contributed by atoms with Crippen LogP contribution in [0.1, 0.15) is 5.56 Å². The van der Waals surface area contributed by atoms with E-state index in [4.69, 9.17) is 4.74 Å². The lowest BCUT2D eigenvalue weighted by Gasteiger charge is -2.06. The van der Waals surface area contributed by atoms with Crippen molar-refractivity contribution in [2.45, 2.75) is 6.92 Å². The summed E-state index contributed by atoms with van der Waals surface area (Å²) in [6.07, 6.45) is 2.91. The van der Waals surface area contributed by atoms with Crippen LogP contribution in [0.5, 0.6) is 17.4 Å². The van der Waals surface area contributed by atoms with Gasteiger partial charge in [0.05, 0.1) is 6.33 Å². The van der Waals surface area contributed by atoms with Crippen LogP contribution in [0, 0.1) is 6.92 Å². The monoisotopic (exact) mass is 242 g/mol. The number of nitrogens with zero attached hydrogens (tertiary/aromatic N) is 3. The number of nitrogens with one attached hydrogen (secondary N) is 1. The maximum Gasteiger partial charge on any atom is 0.248 e. The molecule has 0 radical (unpaired) electrons. The van der Waals surface area contributed by atoms with Crippen LogP contribution in [-0.2, 0) is 0 Å². The summed E-state index contributed by atoms with van der Waals surface area (Å²) in [5, 5.41) is 9.51. The zero-order chi connectivity index (χ0) is 12.5. The summed E-state index contributed by atoms with van der Waals surface area (Å²) in [6.45, 7) is 1.87. The highest BCUT2D eigenvalue weighted by Gasteiger charge is 2.08. The van der Waals surface area contributed by atoms with Gasteiger partial charge < -0.3 is 14.8 Å². The van der Waals surface area contributed by atoms with Gasteiger partial charge in [0.25, 0.3) is 0 Å². The molecule has 0 saturated heterocycles. The van der Waals surface area contributed by atoms with Crippen molar-refractivity contribution in [3.8, 4) is 17.4 Å². The Hall–Kier alpha value is -2.63. The molecular weight excluding hydrogens is 232 g/mol. The predicted molar refractivity (Wildman–Crippen MR) is 64.6 cm³/mol. The first-order valence-electron chi connectivity index (χ1n) is 5.35. The van der Waals surface area contributed by atoms with Gasteiger partial charge in [0.1, 0.15) is 23.3 Å². The summed E-state index contributed by atoms with van der Waals surface area (Å²) in [4.78, 5) is 15.0. The molecule has 3 aromatic rings. The van der Waals surface area contributed by atoms with Gasteiger partial charge in [-0.1, -0.05) is 0 Å². The van der Waals surface area contributed by atoms with E-state index >= 15 is 0 Å². The fourth-order valence-electron chi connectivity index (χ4n) is 1.72. The molecule has 0 aliphatic rings. The summed E-state index contributed by atoms with van der Waals surface area (Å²) in [5.74, 6) is 1.05. The number of imidazole rings is 1. The maximum atomic E-state index is 9.51. The van der Waals surface area contributed by atoms with Crippen molar-refractivity contribution in [2.24, 2.45) is 0 Å². The largest absolute Gasteiger partial charge is 0.508 e. The number of phenolic OH excluding ortho intramolecular Hbond substituents is 1. The van der Waals surface area contributed by atoms with Gasteiger partial charge in [-0.05, 0) is 24.6 Å². The fraction of sp³-hybridized carbons (Fsp3) is 0.0833. The number of aromatic nitrogens is 4. The zero-order valence-electron chi connectivity index (χ0n) is 9.58. The Kier molecular flexibility index (Phi) is 2.33. The van der Waals surface area contributed by atoms with E-state index in [9.17, 15) is 5.11 Å². The lowest BCUT2D eigenvalue weighted by molar-refractivity contribution is 0.447. The molecule has 0 unspecified atom stereocenters. The zero-order valence-corrected chi connectivity index (χ0v) is 9.58. The van der Waals surface area contributed by atoms with Crippen LogP contribution in [0.25, 0.3) is 11.2 Å². The van der Waals surface area contributed by atoms with E-state index in [-0.39, 0.29) is 5.75 Å². The molecule has 0 fully saturated rings. The van der Waals surface area contributed by atoms with E-state index in [1.807, 2.05) is 13.0 Å². The molecule has 90 valence electrons. The third kappa shape index (κ3) is 1.84. The van der Waals surface area contributed by atoms with Gasteiger partial charge in [-0.15, -0.1) is 0 Å². The van der Waals surface area contributed by atoms with Crippen molar-refractivity contribution < 1.29 is 9.84 Å². The number of hydrogen-bond donors (Lipinski definition) is 2. The summed E-state index contributed by atoms with van der Waals surface area (Å²) in [6, 6.07) is 4.99. The van der Waals surface area contributed by atoms with Crippen molar-refractivity contribution in [2.75, 3.05) is 0 Å². The second-order valence-electron chi connectivity index (χ2n) is 3.89. The normalized spacial score (nSPS) is 10.7. The first kappa shape index (κ1) is 10.5. The van der Waals surface area contributed by atoms with Crippen LogP contribution in [0.2, 0.25) is 0 Å². The molecule has 2 N–H and O–H groups in total. The Morgan fingerprint density at radius 3 is 2.89 bits per heavy atom. The maximum absolute atomic E-state index is 9.51. The third-order valence-corrected chi connectivity index (χ3v) is 2.44. The third-order valence-electron chi connectivity index (χ3n) is 2.44. The van der Waals surface area contributed by atoms with Crippen molar-refractivity contribution >= 4 is 11.2 Å². The topological polar surface area (TPSA) is 83.9 Å². The molecule has 0 aliphatic heterocycles. The summed E-state index contributed by atoms with van der Waals surface area (Å²) in [5.41, 5.74) is 2.07. The number of H-pyrrole nitrogens is 1. The quantitative estimate of drug-likeness (QED) is 0.719. The average Bonchev–Trinajstić information content (AvgIpc) is 2.76. The Morgan fingerprint density at radius 1 is 1.17 bits per heavy atom. The summed E-state index contributed by atoms with van der Waals surface area (Å²) in [7, 11) is 0. The van der Waals surface area contributed by atoms with Crippen LogP contribution in [0.15, 0.2) is 30.9 Å². The first-order chi connectivity index (χ1) is 8.72. The van der Waals surface area contributed by atoms with E-state index in [0.717, 1.165) is 5.56 Å². The molecule has 0 spiro atoms. The lowest BCUT2D eigenvalue weighted by Crippen LogP contribution is -1.91. The summed E-state index contributed by atoms with van der Waals surface area (Å²) >= 11 is 0. The molecule has 18 heavy (non-hydrogen) atoms. The molecular formula is C12H10N4O2. The molecule has 0 aliphatic carbocycles. The van der Waals surface area contributed by atoms with Gasteiger partial charge in [0, 0.05) is 6.07 Å². The minimum atomic E-state index is 0.153. The van der Waals surface area contributed by atoms with Gasteiger partial charge in [-0.2, -0.15) is 4.98 Å².